The summed E-state index contributed by atoms with van der Waals surface area (Å²) in [5, 5.41) is 0. The van der Waals surface area contributed by atoms with Crippen molar-refractivity contribution in [2.24, 2.45) is 0 Å². The first-order chi connectivity index (χ1) is 11.1. The summed E-state index contributed by atoms with van der Waals surface area (Å²) < 4.78 is 46.0. The lowest BCUT2D eigenvalue weighted by Gasteiger charge is -2.14. The molecule has 2 aromatic carbocycles. The number of aryl methyl sites for hydroxylation is 1. The van der Waals surface area contributed by atoms with E-state index in [1.807, 2.05) is 18.2 Å². The minimum atomic E-state index is -2.91. The third kappa shape index (κ3) is 3.95. The lowest BCUT2D eigenvalue weighted by Crippen LogP contribution is -2.01. The second kappa shape index (κ2) is 7.86. The van der Waals surface area contributed by atoms with Crippen molar-refractivity contribution < 1.29 is 17.9 Å². The number of benzene rings is 2. The molecule has 23 heavy (non-hydrogen) atoms. The molecule has 0 aromatic heterocycles. The third-order valence-corrected chi connectivity index (χ3v) is 3.56. The Morgan fingerprint density at radius 2 is 1.83 bits per heavy atom. The van der Waals surface area contributed by atoms with Gasteiger partial charge in [0.1, 0.15) is 0 Å². The molecule has 0 fully saturated rings. The molecule has 0 radical (unpaired) electrons. The molecule has 0 aliphatic carbocycles. The van der Waals surface area contributed by atoms with Crippen molar-refractivity contribution in [1.29, 1.82) is 0 Å². The van der Waals surface area contributed by atoms with Crippen molar-refractivity contribution >= 4 is 0 Å². The van der Waals surface area contributed by atoms with Crippen LogP contribution in [0.25, 0.3) is 11.1 Å². The van der Waals surface area contributed by atoms with Crippen LogP contribution >= 0.6 is 0 Å². The van der Waals surface area contributed by atoms with Gasteiger partial charge in [0.05, 0.1) is 12.2 Å². The summed E-state index contributed by atoms with van der Waals surface area (Å²) >= 11 is 0. The molecule has 0 aliphatic heterocycles. The van der Waals surface area contributed by atoms with Crippen LogP contribution in [0, 0.1) is 5.82 Å². The molecule has 122 valence electrons. The van der Waals surface area contributed by atoms with E-state index in [0.717, 1.165) is 18.4 Å². The van der Waals surface area contributed by atoms with Crippen molar-refractivity contribution in [3.8, 4) is 16.9 Å². The summed E-state index contributed by atoms with van der Waals surface area (Å²) in [5.41, 5.74) is 1.22. The molecule has 0 atom stereocenters. The second-order valence-corrected chi connectivity index (χ2v) is 5.10. The minimum Gasteiger partial charge on any atom is -0.491 e. The van der Waals surface area contributed by atoms with Gasteiger partial charge in [-0.25, -0.2) is 13.2 Å². The van der Waals surface area contributed by atoms with E-state index in [2.05, 4.69) is 6.58 Å². The van der Waals surface area contributed by atoms with Crippen LogP contribution in [-0.2, 0) is 6.42 Å². The van der Waals surface area contributed by atoms with Crippen LogP contribution in [-0.4, -0.2) is 6.61 Å². The highest BCUT2D eigenvalue weighted by Gasteiger charge is 2.22. The second-order valence-electron chi connectivity index (χ2n) is 5.10. The summed E-state index contributed by atoms with van der Waals surface area (Å²) in [6.45, 7) is 5.57. The van der Waals surface area contributed by atoms with Crippen molar-refractivity contribution in [2.75, 3.05) is 6.61 Å². The highest BCUT2D eigenvalue weighted by atomic mass is 19.3. The highest BCUT2D eigenvalue weighted by Crippen LogP contribution is 2.37. The standard InChI is InChI=1S/C19H19F3O/c1-3-5-6-13-7-9-14(10-8-13)15-11-12-16(23-4-2)18(20)17(15)19(21)22/h3,7-12,19H,1,4-6H2,2H3. The van der Waals surface area contributed by atoms with Gasteiger partial charge in [0.2, 0.25) is 0 Å². The Morgan fingerprint density at radius 3 is 2.39 bits per heavy atom. The molecule has 2 rings (SSSR count). The molecule has 0 saturated carbocycles. The topological polar surface area (TPSA) is 9.23 Å². The Kier molecular flexibility index (Phi) is 5.85. The summed E-state index contributed by atoms with van der Waals surface area (Å²) in [4.78, 5) is 0. The Hall–Kier alpha value is -2.23. The molecule has 0 bridgehead atoms. The first-order valence-electron chi connectivity index (χ1n) is 7.52. The quantitative estimate of drug-likeness (QED) is 0.573. The van der Waals surface area contributed by atoms with Crippen LogP contribution in [0.1, 0.15) is 30.9 Å². The summed E-state index contributed by atoms with van der Waals surface area (Å²) in [5.74, 6) is -1.13. The smallest absolute Gasteiger partial charge is 0.267 e. The molecule has 0 unspecified atom stereocenters. The van der Waals surface area contributed by atoms with Gasteiger partial charge in [0, 0.05) is 0 Å². The zero-order valence-electron chi connectivity index (χ0n) is 13.0. The molecule has 0 heterocycles. The van der Waals surface area contributed by atoms with Crippen molar-refractivity contribution in [1.82, 2.24) is 0 Å². The van der Waals surface area contributed by atoms with E-state index < -0.39 is 17.8 Å². The fraction of sp³-hybridized carbons (Fsp3) is 0.263. The Balaban J connectivity index is 2.42. The lowest BCUT2D eigenvalue weighted by atomic mass is 9.97. The first-order valence-corrected chi connectivity index (χ1v) is 7.52. The molecule has 0 amide bonds. The SMILES string of the molecule is C=CCCc1ccc(-c2ccc(OCC)c(F)c2C(F)F)cc1. The van der Waals surface area contributed by atoms with Gasteiger partial charge >= 0.3 is 0 Å². The van der Waals surface area contributed by atoms with Crippen LogP contribution in [0.5, 0.6) is 5.75 Å². The van der Waals surface area contributed by atoms with Gasteiger partial charge in [-0.2, -0.15) is 0 Å². The van der Waals surface area contributed by atoms with E-state index in [1.165, 1.54) is 12.1 Å². The minimum absolute atomic E-state index is 0.144. The molecular weight excluding hydrogens is 301 g/mol. The molecule has 1 nitrogen and oxygen atoms in total. The molecule has 0 spiro atoms. The average molecular weight is 320 g/mol. The largest absolute Gasteiger partial charge is 0.491 e. The normalized spacial score (nSPS) is 10.8. The van der Waals surface area contributed by atoms with E-state index in [4.69, 9.17) is 4.74 Å². The molecular formula is C19H19F3O. The van der Waals surface area contributed by atoms with Gasteiger partial charge < -0.3 is 4.74 Å². The highest BCUT2D eigenvalue weighted by molar-refractivity contribution is 5.69. The van der Waals surface area contributed by atoms with Crippen molar-refractivity contribution in [3.05, 3.63) is 66.0 Å². The number of hydrogen-bond acceptors (Lipinski definition) is 1. The Labute approximate surface area is 134 Å². The van der Waals surface area contributed by atoms with Crippen molar-refractivity contribution in [3.63, 3.8) is 0 Å². The summed E-state index contributed by atoms with van der Waals surface area (Å²) in [6.07, 6.45) is 0.596. The van der Waals surface area contributed by atoms with Gasteiger partial charge in [0.15, 0.2) is 11.6 Å². The maximum Gasteiger partial charge on any atom is 0.267 e. The summed E-state index contributed by atoms with van der Waals surface area (Å²) in [6, 6.07) is 10.1. The van der Waals surface area contributed by atoms with Crippen LogP contribution in [0.4, 0.5) is 13.2 Å². The monoisotopic (exact) mass is 320 g/mol. The number of allylic oxidation sites excluding steroid dienone is 1. The van der Waals surface area contributed by atoms with Crippen LogP contribution in [0.3, 0.4) is 0 Å². The van der Waals surface area contributed by atoms with E-state index in [1.54, 1.807) is 19.1 Å². The zero-order chi connectivity index (χ0) is 16.8. The van der Waals surface area contributed by atoms with Gasteiger partial charge in [-0.1, -0.05) is 30.3 Å². The van der Waals surface area contributed by atoms with Crippen LogP contribution < -0.4 is 4.74 Å². The van der Waals surface area contributed by atoms with Gasteiger partial charge in [-0.3, -0.25) is 0 Å². The third-order valence-electron chi connectivity index (χ3n) is 3.56. The number of ether oxygens (including phenoxy) is 1. The lowest BCUT2D eigenvalue weighted by molar-refractivity contribution is 0.145. The number of hydrogen-bond donors (Lipinski definition) is 0. The van der Waals surface area contributed by atoms with Gasteiger partial charge in [-0.15, -0.1) is 6.58 Å². The number of rotatable bonds is 7. The van der Waals surface area contributed by atoms with Crippen LogP contribution in [0.2, 0.25) is 0 Å². The number of halogens is 3. The van der Waals surface area contributed by atoms with Gasteiger partial charge in [0.25, 0.3) is 6.43 Å². The maximum atomic E-state index is 14.3. The molecule has 0 aliphatic rings. The molecule has 0 saturated heterocycles. The van der Waals surface area contributed by atoms with E-state index in [0.29, 0.717) is 5.56 Å². The average Bonchev–Trinajstić information content (AvgIpc) is 2.55. The maximum absolute atomic E-state index is 14.3. The van der Waals surface area contributed by atoms with Crippen molar-refractivity contribution in [2.45, 2.75) is 26.2 Å². The molecule has 4 heteroatoms. The van der Waals surface area contributed by atoms with E-state index in [-0.39, 0.29) is 17.9 Å². The molecule has 2 aromatic rings. The van der Waals surface area contributed by atoms with Gasteiger partial charge in [-0.05, 0) is 48.6 Å². The summed E-state index contributed by atoms with van der Waals surface area (Å²) in [7, 11) is 0. The van der Waals surface area contributed by atoms with Crippen LogP contribution in [0.15, 0.2) is 49.1 Å². The van der Waals surface area contributed by atoms with E-state index >= 15 is 0 Å². The fourth-order valence-corrected chi connectivity index (χ4v) is 2.42. The fourth-order valence-electron chi connectivity index (χ4n) is 2.42. The van der Waals surface area contributed by atoms with E-state index in [9.17, 15) is 13.2 Å². The predicted molar refractivity (Wildman–Crippen MR) is 86.5 cm³/mol. The predicted octanol–water partition coefficient (Wildman–Crippen LogP) is 5.95. The first kappa shape index (κ1) is 17.1. The Bertz CT molecular complexity index is 663. The zero-order valence-corrected chi connectivity index (χ0v) is 13.0. The number of alkyl halides is 2. The Morgan fingerprint density at radius 1 is 1.13 bits per heavy atom. The molecule has 0 N–H and O–H groups in total.